The van der Waals surface area contributed by atoms with Crippen LogP contribution < -0.4 is 9.47 Å². The number of hydrogen-bond acceptors (Lipinski definition) is 4. The monoisotopic (exact) mass is 279 g/mol. The van der Waals surface area contributed by atoms with Crippen LogP contribution in [0, 0.1) is 0 Å². The first-order chi connectivity index (χ1) is 9.56. The highest BCUT2D eigenvalue weighted by Crippen LogP contribution is 2.16. The van der Waals surface area contributed by atoms with E-state index in [1.807, 2.05) is 0 Å². The van der Waals surface area contributed by atoms with Gasteiger partial charge in [-0.3, -0.25) is 9.59 Å². The van der Waals surface area contributed by atoms with Gasteiger partial charge in [-0.15, -0.1) is 6.58 Å². The van der Waals surface area contributed by atoms with Crippen LogP contribution in [0.2, 0.25) is 0 Å². The van der Waals surface area contributed by atoms with Crippen molar-refractivity contribution < 1.29 is 24.2 Å². The first-order valence-electron chi connectivity index (χ1n) is 5.94. The highest BCUT2D eigenvalue weighted by molar-refractivity contribution is 5.82. The zero-order valence-electron chi connectivity index (χ0n) is 11.2. The van der Waals surface area contributed by atoms with Crippen LogP contribution in [0.4, 0.5) is 0 Å². The van der Waals surface area contributed by atoms with Gasteiger partial charge in [-0.1, -0.05) is 6.08 Å². The van der Waals surface area contributed by atoms with Crippen molar-refractivity contribution in [3.63, 3.8) is 0 Å². The number of amides is 1. The highest BCUT2D eigenvalue weighted by atomic mass is 16.5. The Morgan fingerprint density at radius 1 is 1.30 bits per heavy atom. The van der Waals surface area contributed by atoms with Gasteiger partial charge in [0.2, 0.25) is 0 Å². The van der Waals surface area contributed by atoms with Gasteiger partial charge in [-0.25, -0.2) is 0 Å². The van der Waals surface area contributed by atoms with Crippen molar-refractivity contribution >= 4 is 11.9 Å². The molecule has 0 saturated heterocycles. The molecule has 1 amide bonds. The molecule has 1 rings (SSSR count). The van der Waals surface area contributed by atoms with Gasteiger partial charge in [-0.2, -0.15) is 0 Å². The molecule has 0 bridgehead atoms. The summed E-state index contributed by atoms with van der Waals surface area (Å²) in [6.45, 7) is 3.04. The van der Waals surface area contributed by atoms with Gasteiger partial charge in [0, 0.05) is 6.54 Å². The molecule has 0 aliphatic carbocycles. The molecule has 1 N–H and O–H groups in total. The summed E-state index contributed by atoms with van der Waals surface area (Å²) >= 11 is 0. The van der Waals surface area contributed by atoms with Gasteiger partial charge in [-0.05, 0) is 24.3 Å². The van der Waals surface area contributed by atoms with Gasteiger partial charge in [0.15, 0.2) is 6.61 Å². The quantitative estimate of drug-likeness (QED) is 0.723. The van der Waals surface area contributed by atoms with Gasteiger partial charge in [0.05, 0.1) is 7.11 Å². The van der Waals surface area contributed by atoms with Crippen molar-refractivity contribution in [3.8, 4) is 11.5 Å². The van der Waals surface area contributed by atoms with Crippen molar-refractivity contribution in [1.29, 1.82) is 0 Å². The van der Waals surface area contributed by atoms with Gasteiger partial charge >= 0.3 is 5.97 Å². The number of hydrogen-bond donors (Lipinski definition) is 1. The summed E-state index contributed by atoms with van der Waals surface area (Å²) < 4.78 is 10.3. The molecule has 0 fully saturated rings. The first kappa shape index (κ1) is 15.6. The van der Waals surface area contributed by atoms with Crippen LogP contribution in [0.25, 0.3) is 0 Å². The maximum atomic E-state index is 11.8. The number of carboxylic acid groups (broad SMARTS) is 1. The van der Waals surface area contributed by atoms with E-state index in [0.717, 1.165) is 4.90 Å². The number of methoxy groups -OCH3 is 1. The van der Waals surface area contributed by atoms with E-state index in [0.29, 0.717) is 11.5 Å². The van der Waals surface area contributed by atoms with Crippen molar-refractivity contribution in [2.75, 3.05) is 26.8 Å². The molecule has 0 aliphatic rings. The summed E-state index contributed by atoms with van der Waals surface area (Å²) in [5, 5.41) is 8.72. The minimum atomic E-state index is -1.08. The van der Waals surface area contributed by atoms with Crippen LogP contribution in [0.1, 0.15) is 0 Å². The average Bonchev–Trinajstić information content (AvgIpc) is 2.44. The molecular weight excluding hydrogens is 262 g/mol. The zero-order chi connectivity index (χ0) is 15.0. The lowest BCUT2D eigenvalue weighted by Gasteiger charge is -2.18. The molecule has 0 radical (unpaired) electrons. The van der Waals surface area contributed by atoms with E-state index in [1.165, 1.54) is 6.08 Å². The number of aliphatic carboxylic acids is 1. The third-order valence-electron chi connectivity index (χ3n) is 2.45. The zero-order valence-corrected chi connectivity index (χ0v) is 11.2. The number of benzene rings is 1. The van der Waals surface area contributed by atoms with Crippen LogP contribution in [0.5, 0.6) is 11.5 Å². The summed E-state index contributed by atoms with van der Waals surface area (Å²) in [4.78, 5) is 23.6. The molecule has 0 atom stereocenters. The fourth-order valence-corrected chi connectivity index (χ4v) is 1.48. The normalized spacial score (nSPS) is 9.65. The van der Waals surface area contributed by atoms with E-state index in [-0.39, 0.29) is 19.7 Å². The molecule has 0 aromatic heterocycles. The summed E-state index contributed by atoms with van der Waals surface area (Å²) in [6.07, 6.45) is 1.47. The molecule has 1 aromatic rings. The van der Waals surface area contributed by atoms with Crippen LogP contribution in [-0.2, 0) is 9.59 Å². The number of carboxylic acids is 1. The predicted molar refractivity (Wildman–Crippen MR) is 72.9 cm³/mol. The Morgan fingerprint density at radius 2 is 1.90 bits per heavy atom. The lowest BCUT2D eigenvalue weighted by atomic mass is 10.3. The molecule has 0 heterocycles. The molecule has 20 heavy (non-hydrogen) atoms. The Hall–Kier alpha value is -2.50. The number of ether oxygens (including phenoxy) is 2. The van der Waals surface area contributed by atoms with Crippen LogP contribution >= 0.6 is 0 Å². The summed E-state index contributed by atoms with van der Waals surface area (Å²) in [5.41, 5.74) is 0. The molecule has 0 spiro atoms. The fraction of sp³-hybridized carbons (Fsp3) is 0.286. The smallest absolute Gasteiger partial charge is 0.323 e. The third-order valence-corrected chi connectivity index (χ3v) is 2.45. The molecule has 0 unspecified atom stereocenters. The minimum Gasteiger partial charge on any atom is -0.497 e. The molecule has 6 heteroatoms. The van der Waals surface area contributed by atoms with Crippen LogP contribution in [0.15, 0.2) is 36.9 Å². The summed E-state index contributed by atoms with van der Waals surface area (Å²) in [7, 11) is 1.55. The number of carbonyl (C=O) groups is 2. The van der Waals surface area contributed by atoms with Gasteiger partial charge < -0.3 is 19.5 Å². The second kappa shape index (κ2) is 7.83. The highest BCUT2D eigenvalue weighted by Gasteiger charge is 2.15. The van der Waals surface area contributed by atoms with Gasteiger partial charge in [0.1, 0.15) is 18.0 Å². The molecular formula is C14H17NO5. The van der Waals surface area contributed by atoms with Crippen molar-refractivity contribution in [1.82, 2.24) is 4.90 Å². The Kier molecular flexibility index (Phi) is 6.09. The Bertz CT molecular complexity index is 469. The number of rotatable bonds is 8. The lowest BCUT2D eigenvalue weighted by Crippen LogP contribution is -2.38. The first-order valence-corrected chi connectivity index (χ1v) is 5.94. The van der Waals surface area contributed by atoms with Crippen molar-refractivity contribution in [2.45, 2.75) is 0 Å². The third kappa shape index (κ3) is 5.01. The number of nitrogens with zero attached hydrogens (tertiary/aromatic N) is 1. The molecule has 1 aromatic carbocycles. The maximum Gasteiger partial charge on any atom is 0.323 e. The van der Waals surface area contributed by atoms with E-state index >= 15 is 0 Å². The SMILES string of the molecule is C=CCN(CC(=O)O)C(=O)COc1ccc(OC)cc1. The maximum absolute atomic E-state index is 11.8. The summed E-state index contributed by atoms with van der Waals surface area (Å²) in [6, 6.07) is 6.75. The fourth-order valence-electron chi connectivity index (χ4n) is 1.48. The number of carbonyl (C=O) groups excluding carboxylic acids is 1. The van der Waals surface area contributed by atoms with Crippen molar-refractivity contribution in [3.05, 3.63) is 36.9 Å². The second-order valence-corrected chi connectivity index (χ2v) is 3.92. The van der Waals surface area contributed by atoms with Crippen LogP contribution in [0.3, 0.4) is 0 Å². The molecule has 0 saturated carbocycles. The van der Waals surface area contributed by atoms with E-state index in [1.54, 1.807) is 31.4 Å². The Morgan fingerprint density at radius 3 is 2.40 bits per heavy atom. The Balaban J connectivity index is 2.54. The van der Waals surface area contributed by atoms with E-state index in [9.17, 15) is 9.59 Å². The Labute approximate surface area is 117 Å². The summed E-state index contributed by atoms with van der Waals surface area (Å²) in [5.74, 6) is -0.302. The van der Waals surface area contributed by atoms with Gasteiger partial charge in [0.25, 0.3) is 5.91 Å². The standard InChI is InChI=1S/C14H17NO5/c1-3-8-15(9-14(17)18)13(16)10-20-12-6-4-11(19-2)5-7-12/h3-7H,1,8-10H2,2H3,(H,17,18). The molecule has 0 aliphatic heterocycles. The topological polar surface area (TPSA) is 76.1 Å². The minimum absolute atomic E-state index is 0.164. The van der Waals surface area contributed by atoms with E-state index < -0.39 is 11.9 Å². The molecule has 108 valence electrons. The van der Waals surface area contributed by atoms with E-state index in [2.05, 4.69) is 6.58 Å². The van der Waals surface area contributed by atoms with Crippen molar-refractivity contribution in [2.24, 2.45) is 0 Å². The average molecular weight is 279 g/mol. The lowest BCUT2D eigenvalue weighted by molar-refractivity contribution is -0.144. The predicted octanol–water partition coefficient (Wildman–Crippen LogP) is 1.17. The van der Waals surface area contributed by atoms with E-state index in [4.69, 9.17) is 14.6 Å². The second-order valence-electron chi connectivity index (χ2n) is 3.92. The molecule has 6 nitrogen and oxygen atoms in total. The largest absolute Gasteiger partial charge is 0.497 e. The van der Waals surface area contributed by atoms with Crippen LogP contribution in [-0.4, -0.2) is 48.7 Å².